The number of hydrogen-bond acceptors (Lipinski definition) is 0. The minimum atomic E-state index is -4.08. The molecule has 10 heavy (non-hydrogen) atoms. The largest absolute Gasteiger partial charge is 0.393 e. The van der Waals surface area contributed by atoms with Gasteiger partial charge in [-0.2, -0.15) is 13.2 Å². The molecule has 1 fully saturated rings. The summed E-state index contributed by atoms with van der Waals surface area (Å²) >= 11 is 5.44. The van der Waals surface area contributed by atoms with E-state index in [1.165, 1.54) is 0 Å². The van der Waals surface area contributed by atoms with E-state index in [1.54, 1.807) is 0 Å². The highest BCUT2D eigenvalue weighted by atomic mass is 35.5. The van der Waals surface area contributed by atoms with Crippen molar-refractivity contribution in [3.05, 3.63) is 0 Å². The molecule has 1 rings (SSSR count). The van der Waals surface area contributed by atoms with E-state index in [0.717, 1.165) is 0 Å². The molecule has 0 bridgehead atoms. The number of alkyl halides is 4. The average molecular weight is 173 g/mol. The SMILES string of the molecule is FC(F)(F)C1CCCC1Cl. The van der Waals surface area contributed by atoms with Crippen LogP contribution in [0.3, 0.4) is 0 Å². The Morgan fingerprint density at radius 2 is 1.80 bits per heavy atom. The molecule has 0 N–H and O–H groups in total. The third-order valence-corrected chi connectivity index (χ3v) is 2.37. The highest BCUT2D eigenvalue weighted by Crippen LogP contribution is 2.41. The fourth-order valence-electron chi connectivity index (χ4n) is 1.28. The van der Waals surface area contributed by atoms with Gasteiger partial charge in [0, 0.05) is 5.38 Å². The normalized spacial score (nSPS) is 34.8. The van der Waals surface area contributed by atoms with Crippen molar-refractivity contribution in [2.75, 3.05) is 0 Å². The Bertz CT molecular complexity index is 121. The van der Waals surface area contributed by atoms with Gasteiger partial charge >= 0.3 is 6.18 Å². The van der Waals surface area contributed by atoms with Crippen LogP contribution in [0.5, 0.6) is 0 Å². The highest BCUT2D eigenvalue weighted by Gasteiger charge is 2.46. The van der Waals surface area contributed by atoms with Crippen molar-refractivity contribution in [2.24, 2.45) is 5.92 Å². The highest BCUT2D eigenvalue weighted by molar-refractivity contribution is 6.21. The lowest BCUT2D eigenvalue weighted by atomic mass is 10.1. The molecule has 0 aliphatic heterocycles. The van der Waals surface area contributed by atoms with E-state index in [1.807, 2.05) is 0 Å². The standard InChI is InChI=1S/C6H8ClF3/c7-5-3-1-2-4(5)6(8,9)10/h4-5H,1-3H2. The maximum absolute atomic E-state index is 11.9. The van der Waals surface area contributed by atoms with Crippen LogP contribution in [0.2, 0.25) is 0 Å². The molecule has 0 heterocycles. The van der Waals surface area contributed by atoms with Crippen molar-refractivity contribution < 1.29 is 13.2 Å². The molecule has 2 unspecified atom stereocenters. The van der Waals surface area contributed by atoms with E-state index >= 15 is 0 Å². The van der Waals surface area contributed by atoms with Gasteiger partial charge in [-0.25, -0.2) is 0 Å². The number of halogens is 4. The van der Waals surface area contributed by atoms with E-state index in [4.69, 9.17) is 11.6 Å². The molecule has 0 spiro atoms. The summed E-state index contributed by atoms with van der Waals surface area (Å²) in [6.45, 7) is 0. The van der Waals surface area contributed by atoms with E-state index in [0.29, 0.717) is 12.8 Å². The summed E-state index contributed by atoms with van der Waals surface area (Å²) in [7, 11) is 0. The predicted molar refractivity (Wildman–Crippen MR) is 33.0 cm³/mol. The first-order valence-electron chi connectivity index (χ1n) is 3.22. The van der Waals surface area contributed by atoms with E-state index in [9.17, 15) is 13.2 Å². The van der Waals surface area contributed by atoms with Crippen LogP contribution in [-0.2, 0) is 0 Å². The Morgan fingerprint density at radius 1 is 1.20 bits per heavy atom. The zero-order valence-corrected chi connectivity index (χ0v) is 6.04. The lowest BCUT2D eigenvalue weighted by molar-refractivity contribution is -0.171. The van der Waals surface area contributed by atoms with Gasteiger partial charge in [-0.3, -0.25) is 0 Å². The lowest BCUT2D eigenvalue weighted by Gasteiger charge is -2.16. The van der Waals surface area contributed by atoms with Gasteiger partial charge in [-0.05, 0) is 12.8 Å². The first-order valence-corrected chi connectivity index (χ1v) is 3.66. The summed E-state index contributed by atoms with van der Waals surface area (Å²) in [6.07, 6.45) is -2.76. The van der Waals surface area contributed by atoms with Crippen LogP contribution in [0.1, 0.15) is 19.3 Å². The summed E-state index contributed by atoms with van der Waals surface area (Å²) in [5.41, 5.74) is 0. The van der Waals surface area contributed by atoms with Crippen molar-refractivity contribution >= 4 is 11.6 Å². The molecular weight excluding hydrogens is 165 g/mol. The van der Waals surface area contributed by atoms with Gasteiger partial charge in [-0.15, -0.1) is 11.6 Å². The molecule has 0 aromatic heterocycles. The molecule has 1 saturated carbocycles. The second kappa shape index (κ2) is 2.61. The van der Waals surface area contributed by atoms with Crippen LogP contribution in [0, 0.1) is 5.92 Å². The summed E-state index contributed by atoms with van der Waals surface area (Å²) < 4.78 is 35.8. The van der Waals surface area contributed by atoms with Crippen LogP contribution in [0.15, 0.2) is 0 Å². The second-order valence-corrected chi connectivity index (χ2v) is 3.16. The lowest BCUT2D eigenvalue weighted by Crippen LogP contribution is -2.26. The minimum Gasteiger partial charge on any atom is -0.171 e. The van der Waals surface area contributed by atoms with Crippen molar-refractivity contribution in [1.82, 2.24) is 0 Å². The Labute approximate surface area is 62.4 Å². The predicted octanol–water partition coefficient (Wildman–Crippen LogP) is 2.96. The van der Waals surface area contributed by atoms with E-state index < -0.39 is 17.5 Å². The second-order valence-electron chi connectivity index (χ2n) is 2.60. The Balaban J connectivity index is 2.55. The van der Waals surface area contributed by atoms with Crippen LogP contribution < -0.4 is 0 Å². The molecule has 60 valence electrons. The van der Waals surface area contributed by atoms with Crippen molar-refractivity contribution in [2.45, 2.75) is 30.8 Å². The zero-order chi connectivity index (χ0) is 7.78. The van der Waals surface area contributed by atoms with Crippen molar-refractivity contribution in [3.63, 3.8) is 0 Å². The van der Waals surface area contributed by atoms with Crippen LogP contribution >= 0.6 is 11.6 Å². The first kappa shape index (κ1) is 8.18. The molecule has 2 atom stereocenters. The van der Waals surface area contributed by atoms with Gasteiger partial charge in [0.15, 0.2) is 0 Å². The third-order valence-electron chi connectivity index (χ3n) is 1.85. The first-order chi connectivity index (χ1) is 4.52. The monoisotopic (exact) mass is 172 g/mol. The molecule has 0 nitrogen and oxygen atoms in total. The fourth-order valence-corrected chi connectivity index (χ4v) is 1.71. The molecule has 1 aliphatic rings. The molecule has 1 aliphatic carbocycles. The molecule has 0 aromatic rings. The quantitative estimate of drug-likeness (QED) is 0.493. The molecule has 0 amide bonds. The molecule has 4 heteroatoms. The van der Waals surface area contributed by atoms with E-state index in [2.05, 4.69) is 0 Å². The zero-order valence-electron chi connectivity index (χ0n) is 5.29. The van der Waals surface area contributed by atoms with Crippen molar-refractivity contribution in [1.29, 1.82) is 0 Å². The van der Waals surface area contributed by atoms with Gasteiger partial charge < -0.3 is 0 Å². The summed E-state index contributed by atoms with van der Waals surface area (Å²) in [5, 5.41) is -0.681. The van der Waals surface area contributed by atoms with Crippen LogP contribution in [0.25, 0.3) is 0 Å². The van der Waals surface area contributed by atoms with Gasteiger partial charge in [0.05, 0.1) is 5.92 Å². The van der Waals surface area contributed by atoms with Crippen LogP contribution in [-0.4, -0.2) is 11.6 Å². The van der Waals surface area contributed by atoms with Crippen LogP contribution in [0.4, 0.5) is 13.2 Å². The third kappa shape index (κ3) is 1.57. The average Bonchev–Trinajstić information content (AvgIpc) is 2.11. The minimum absolute atomic E-state index is 0.206. The summed E-state index contributed by atoms with van der Waals surface area (Å²) in [6, 6.07) is 0. The maximum Gasteiger partial charge on any atom is 0.393 e. The summed E-state index contributed by atoms with van der Waals surface area (Å²) in [4.78, 5) is 0. The van der Waals surface area contributed by atoms with Gasteiger partial charge in [0.25, 0.3) is 0 Å². The molecule has 0 radical (unpaired) electrons. The maximum atomic E-state index is 11.9. The number of hydrogen-bond donors (Lipinski definition) is 0. The smallest absolute Gasteiger partial charge is 0.171 e. The number of rotatable bonds is 0. The molecular formula is C6H8ClF3. The fraction of sp³-hybridized carbons (Fsp3) is 1.00. The van der Waals surface area contributed by atoms with E-state index in [-0.39, 0.29) is 6.42 Å². The van der Waals surface area contributed by atoms with Gasteiger partial charge in [-0.1, -0.05) is 6.42 Å². The Morgan fingerprint density at radius 3 is 2.00 bits per heavy atom. The Hall–Kier alpha value is 0.0800. The van der Waals surface area contributed by atoms with Gasteiger partial charge in [0.1, 0.15) is 0 Å². The topological polar surface area (TPSA) is 0 Å². The molecule has 0 saturated heterocycles. The molecule has 0 aromatic carbocycles. The van der Waals surface area contributed by atoms with Gasteiger partial charge in [0.2, 0.25) is 0 Å². The summed E-state index contributed by atoms with van der Waals surface area (Å²) in [5.74, 6) is -1.26. The van der Waals surface area contributed by atoms with Crippen molar-refractivity contribution in [3.8, 4) is 0 Å². The Kier molecular flexibility index (Phi) is 2.13.